The Morgan fingerprint density at radius 1 is 1.42 bits per heavy atom. The third-order valence-electron chi connectivity index (χ3n) is 5.68. The number of aliphatic carboxylic acids is 1. The number of nitrogens with one attached hydrogen (secondary N) is 2. The molecule has 0 aliphatic carbocycles. The summed E-state index contributed by atoms with van der Waals surface area (Å²) < 4.78 is 0. The monoisotopic (exact) mass is 366 g/mol. The molecule has 2 fully saturated rings. The number of β-lactam (4-membered cyclic amide) rings is 1. The molecule has 0 aromatic heterocycles. The molecule has 144 valence electrons. The van der Waals surface area contributed by atoms with Crippen LogP contribution >= 0.6 is 0 Å². The van der Waals surface area contributed by atoms with E-state index in [1.165, 1.54) is 4.90 Å². The minimum Gasteiger partial charge on any atom is -0.477 e. The van der Waals surface area contributed by atoms with Crippen LogP contribution in [-0.4, -0.2) is 86.8 Å². The molecule has 3 aliphatic rings. The summed E-state index contributed by atoms with van der Waals surface area (Å²) in [5.74, 6) is -1.96. The Balaban J connectivity index is 1.80. The molecule has 26 heavy (non-hydrogen) atoms. The molecule has 1 amide bonds. The zero-order valence-electron chi connectivity index (χ0n) is 15.1. The lowest BCUT2D eigenvalue weighted by Crippen LogP contribution is -2.63. The zero-order valence-corrected chi connectivity index (χ0v) is 15.1. The molecule has 0 radical (unpaired) electrons. The highest BCUT2D eigenvalue weighted by atomic mass is 16.4. The molecule has 9 nitrogen and oxygen atoms in total. The van der Waals surface area contributed by atoms with E-state index >= 15 is 0 Å². The second-order valence-electron chi connectivity index (χ2n) is 7.57. The smallest absolute Gasteiger partial charge is 0.352 e. The number of hydrogen-bond donors (Lipinski definition) is 5. The van der Waals surface area contributed by atoms with E-state index in [0.29, 0.717) is 25.2 Å². The molecule has 2 saturated heterocycles. The van der Waals surface area contributed by atoms with Crippen molar-refractivity contribution in [2.45, 2.75) is 45.1 Å². The quantitative estimate of drug-likeness (QED) is 0.234. The summed E-state index contributed by atoms with van der Waals surface area (Å²) in [6.07, 6.45) is -1.47. The Hall–Kier alpha value is -1.97. The highest BCUT2D eigenvalue weighted by Crippen LogP contribution is 2.47. The summed E-state index contributed by atoms with van der Waals surface area (Å²) in [6.45, 7) is 6.23. The first-order chi connectivity index (χ1) is 12.1. The van der Waals surface area contributed by atoms with Crippen molar-refractivity contribution in [3.63, 3.8) is 0 Å². The molecule has 6 atom stereocenters. The lowest BCUT2D eigenvalue weighted by molar-refractivity contribution is -0.163. The Morgan fingerprint density at radius 3 is 2.62 bits per heavy atom. The largest absolute Gasteiger partial charge is 0.477 e. The Bertz CT molecular complexity index is 676. The van der Waals surface area contributed by atoms with Crippen molar-refractivity contribution >= 4 is 17.7 Å². The Morgan fingerprint density at radius 2 is 2.08 bits per heavy atom. The van der Waals surface area contributed by atoms with Crippen molar-refractivity contribution in [2.75, 3.05) is 19.6 Å². The van der Waals surface area contributed by atoms with Crippen LogP contribution < -0.4 is 5.32 Å². The SMILES string of the molecule is CC(=N)N[C@@H]1CN(CC2=C(C(=O)O)N3C(=O)[C@H]([C@@H](C)O)[C@H]3[C@H]2C)C[C@H]1O. The predicted octanol–water partition coefficient (Wildman–Crippen LogP) is -1.19. The highest BCUT2D eigenvalue weighted by molar-refractivity contribution is 6.00. The van der Waals surface area contributed by atoms with E-state index in [1.54, 1.807) is 13.8 Å². The van der Waals surface area contributed by atoms with Crippen LogP contribution in [0.2, 0.25) is 0 Å². The number of carboxylic acids is 1. The fourth-order valence-corrected chi connectivity index (χ4v) is 4.51. The average Bonchev–Trinajstić information content (AvgIpc) is 2.96. The second-order valence-corrected chi connectivity index (χ2v) is 7.57. The minimum atomic E-state index is -1.14. The molecule has 3 aliphatic heterocycles. The lowest BCUT2D eigenvalue weighted by Gasteiger charge is -2.46. The minimum absolute atomic E-state index is 0.0125. The molecule has 0 spiro atoms. The topological polar surface area (TPSA) is 137 Å². The molecule has 0 aromatic rings. The van der Waals surface area contributed by atoms with Gasteiger partial charge in [-0.05, 0) is 19.4 Å². The van der Waals surface area contributed by atoms with E-state index in [2.05, 4.69) is 5.32 Å². The number of carbonyl (C=O) groups excluding carboxylic acids is 1. The van der Waals surface area contributed by atoms with E-state index in [-0.39, 0.29) is 35.4 Å². The van der Waals surface area contributed by atoms with Crippen LogP contribution in [0, 0.1) is 17.2 Å². The van der Waals surface area contributed by atoms with E-state index in [4.69, 9.17) is 5.41 Å². The maximum atomic E-state index is 12.3. The molecule has 0 saturated carbocycles. The average molecular weight is 366 g/mol. The van der Waals surface area contributed by atoms with Gasteiger partial charge in [-0.2, -0.15) is 0 Å². The Kier molecular flexibility index (Phi) is 4.80. The predicted molar refractivity (Wildman–Crippen MR) is 92.4 cm³/mol. The van der Waals surface area contributed by atoms with Gasteiger partial charge in [0.1, 0.15) is 5.70 Å². The molecule has 3 rings (SSSR count). The van der Waals surface area contributed by atoms with Gasteiger partial charge in [0.05, 0.1) is 36.0 Å². The Labute approximate surface area is 151 Å². The van der Waals surface area contributed by atoms with Crippen molar-refractivity contribution in [3.8, 4) is 0 Å². The summed E-state index contributed by atoms with van der Waals surface area (Å²) in [5.41, 5.74) is 0.664. The van der Waals surface area contributed by atoms with Gasteiger partial charge in [0.25, 0.3) is 0 Å². The summed E-state index contributed by atoms with van der Waals surface area (Å²) in [4.78, 5) is 27.4. The van der Waals surface area contributed by atoms with Crippen LogP contribution in [0.5, 0.6) is 0 Å². The van der Waals surface area contributed by atoms with Crippen LogP contribution in [0.1, 0.15) is 20.8 Å². The first-order valence-corrected chi connectivity index (χ1v) is 8.83. The van der Waals surface area contributed by atoms with E-state index in [9.17, 15) is 24.9 Å². The fraction of sp³-hybridized carbons (Fsp3) is 0.706. The summed E-state index contributed by atoms with van der Waals surface area (Å²) in [7, 11) is 0. The fourth-order valence-electron chi connectivity index (χ4n) is 4.51. The molecule has 9 heteroatoms. The maximum absolute atomic E-state index is 12.3. The van der Waals surface area contributed by atoms with Crippen molar-refractivity contribution in [2.24, 2.45) is 11.8 Å². The molecular weight excluding hydrogens is 340 g/mol. The van der Waals surface area contributed by atoms with Gasteiger partial charge < -0.3 is 25.5 Å². The number of nitrogens with zero attached hydrogens (tertiary/aromatic N) is 2. The summed E-state index contributed by atoms with van der Waals surface area (Å²) in [5, 5.41) is 40.1. The zero-order chi connectivity index (χ0) is 19.3. The number of aliphatic hydroxyl groups is 2. The van der Waals surface area contributed by atoms with Gasteiger partial charge in [0.2, 0.25) is 5.91 Å². The van der Waals surface area contributed by atoms with Crippen molar-refractivity contribution in [1.82, 2.24) is 15.1 Å². The molecule has 0 unspecified atom stereocenters. The number of β-amino-alcohol motifs (C(OH)–C–C–N with tert-alkyl or cyclic N) is 1. The third kappa shape index (κ3) is 2.89. The van der Waals surface area contributed by atoms with E-state index in [1.807, 2.05) is 11.8 Å². The summed E-state index contributed by atoms with van der Waals surface area (Å²) in [6, 6.07) is -0.601. The number of carbonyl (C=O) groups is 2. The maximum Gasteiger partial charge on any atom is 0.352 e. The van der Waals surface area contributed by atoms with Gasteiger partial charge in [-0.15, -0.1) is 0 Å². The molecule has 0 bridgehead atoms. The summed E-state index contributed by atoms with van der Waals surface area (Å²) >= 11 is 0. The highest BCUT2D eigenvalue weighted by Gasteiger charge is 2.59. The van der Waals surface area contributed by atoms with Gasteiger partial charge in [-0.25, -0.2) is 4.79 Å². The number of amidine groups is 1. The second kappa shape index (κ2) is 6.64. The molecule has 0 aromatic carbocycles. The number of fused-ring (bicyclic) bond motifs is 1. The van der Waals surface area contributed by atoms with Gasteiger partial charge in [0, 0.05) is 25.6 Å². The standard InChI is InChI=1S/C17H26N4O5/c1-7-10(4-20-5-11(12(23)6-20)19-9(3)18)15(17(25)26)21-14(7)13(8(2)22)16(21)24/h7-8,11-14,22-23H,4-6H2,1-3H3,(H2,18,19)(H,25,26)/t7-,8+,11+,12+,13+,14+/m0/s1. The number of hydrogen-bond acceptors (Lipinski definition) is 6. The van der Waals surface area contributed by atoms with E-state index in [0.717, 1.165) is 0 Å². The van der Waals surface area contributed by atoms with Crippen LogP contribution in [-0.2, 0) is 9.59 Å². The first kappa shape index (κ1) is 18.8. The van der Waals surface area contributed by atoms with Crippen LogP contribution in [0.3, 0.4) is 0 Å². The number of likely N-dealkylation sites (tertiary alicyclic amines) is 1. The number of carboxylic acid groups (broad SMARTS) is 1. The lowest BCUT2D eigenvalue weighted by atomic mass is 9.77. The molecule has 3 heterocycles. The van der Waals surface area contributed by atoms with Gasteiger partial charge in [0.15, 0.2) is 0 Å². The van der Waals surface area contributed by atoms with Gasteiger partial charge in [-0.1, -0.05) is 6.92 Å². The van der Waals surface area contributed by atoms with Crippen LogP contribution in [0.25, 0.3) is 0 Å². The van der Waals surface area contributed by atoms with Crippen molar-refractivity contribution < 1.29 is 24.9 Å². The van der Waals surface area contributed by atoms with Gasteiger partial charge in [-0.3, -0.25) is 15.1 Å². The van der Waals surface area contributed by atoms with Gasteiger partial charge >= 0.3 is 5.97 Å². The number of rotatable bonds is 5. The normalized spacial score (nSPS) is 35.3. The first-order valence-electron chi connectivity index (χ1n) is 8.83. The van der Waals surface area contributed by atoms with Crippen molar-refractivity contribution in [3.05, 3.63) is 11.3 Å². The third-order valence-corrected chi connectivity index (χ3v) is 5.68. The van der Waals surface area contributed by atoms with Crippen LogP contribution in [0.4, 0.5) is 0 Å². The number of amides is 1. The van der Waals surface area contributed by atoms with Crippen molar-refractivity contribution in [1.29, 1.82) is 5.41 Å². The molecule has 5 N–H and O–H groups in total. The van der Waals surface area contributed by atoms with E-state index < -0.39 is 24.1 Å². The number of aliphatic hydroxyl groups excluding tert-OH is 2. The molecular formula is C17H26N4O5. The van der Waals surface area contributed by atoms with Crippen LogP contribution in [0.15, 0.2) is 11.3 Å².